The number of ether oxygens (including phenoxy) is 1. The second kappa shape index (κ2) is 7.32. The number of benzene rings is 2. The van der Waals surface area contributed by atoms with Gasteiger partial charge in [0.1, 0.15) is 4.21 Å². The summed E-state index contributed by atoms with van der Waals surface area (Å²) in [6, 6.07) is 12.3. The van der Waals surface area contributed by atoms with E-state index in [0.717, 1.165) is 15.6 Å². The van der Waals surface area contributed by atoms with Crippen molar-refractivity contribution in [2.45, 2.75) is 30.9 Å². The average Bonchev–Trinajstić information content (AvgIpc) is 2.98. The number of aryl methyl sites for hydroxylation is 1. The van der Waals surface area contributed by atoms with Crippen LogP contribution in [0.5, 0.6) is 0 Å². The first-order valence-corrected chi connectivity index (χ1v) is 10.8. The van der Waals surface area contributed by atoms with Crippen LogP contribution in [0.1, 0.15) is 41.3 Å². The molecule has 0 aliphatic rings. The quantitative estimate of drug-likeness (QED) is 0.614. The van der Waals surface area contributed by atoms with Crippen LogP contribution in [0.25, 0.3) is 10.1 Å². The van der Waals surface area contributed by atoms with Crippen LogP contribution in [0.3, 0.4) is 0 Å². The van der Waals surface area contributed by atoms with Crippen molar-refractivity contribution in [3.63, 3.8) is 0 Å². The van der Waals surface area contributed by atoms with Crippen molar-refractivity contribution < 1.29 is 17.9 Å². The Labute approximate surface area is 163 Å². The van der Waals surface area contributed by atoms with Crippen molar-refractivity contribution >= 4 is 43.1 Å². The first-order valence-electron chi connectivity index (χ1n) is 8.47. The first-order chi connectivity index (χ1) is 12.7. The first kappa shape index (κ1) is 19.4. The topological polar surface area (TPSA) is 72.5 Å². The predicted octanol–water partition coefficient (Wildman–Crippen LogP) is 4.92. The monoisotopic (exact) mass is 403 g/mol. The van der Waals surface area contributed by atoms with Crippen molar-refractivity contribution in [3.8, 4) is 0 Å². The SMILES string of the molecule is COC(=O)c1cccc(NS(=O)(=O)c2sc3ccc(C(C)C)cc3c2C)c1. The van der Waals surface area contributed by atoms with Gasteiger partial charge in [0.25, 0.3) is 10.0 Å². The predicted molar refractivity (Wildman–Crippen MR) is 109 cm³/mol. The van der Waals surface area contributed by atoms with E-state index in [0.29, 0.717) is 11.6 Å². The van der Waals surface area contributed by atoms with Crippen molar-refractivity contribution in [2.75, 3.05) is 11.8 Å². The summed E-state index contributed by atoms with van der Waals surface area (Å²) >= 11 is 1.24. The summed E-state index contributed by atoms with van der Waals surface area (Å²) in [5.74, 6) is -0.150. The minimum absolute atomic E-state index is 0.280. The lowest BCUT2D eigenvalue weighted by atomic mass is 10.0. The van der Waals surface area contributed by atoms with Gasteiger partial charge in [-0.3, -0.25) is 4.72 Å². The molecule has 0 aliphatic heterocycles. The molecule has 0 fully saturated rings. The molecule has 3 rings (SSSR count). The fourth-order valence-electron chi connectivity index (χ4n) is 2.86. The Hall–Kier alpha value is -2.38. The Balaban J connectivity index is 2.00. The number of sulfonamides is 1. The lowest BCUT2D eigenvalue weighted by molar-refractivity contribution is 0.0601. The van der Waals surface area contributed by atoms with Crippen LogP contribution in [-0.2, 0) is 14.8 Å². The summed E-state index contributed by atoms with van der Waals surface area (Å²) in [7, 11) is -2.49. The van der Waals surface area contributed by atoms with Crippen LogP contribution in [-0.4, -0.2) is 21.5 Å². The molecule has 7 heteroatoms. The van der Waals surface area contributed by atoms with Crippen LogP contribution in [0.15, 0.2) is 46.7 Å². The van der Waals surface area contributed by atoms with Gasteiger partial charge in [-0.15, -0.1) is 11.3 Å². The largest absolute Gasteiger partial charge is 0.465 e. The van der Waals surface area contributed by atoms with Gasteiger partial charge in [0, 0.05) is 10.4 Å². The number of carbonyl (C=O) groups excluding carboxylic acids is 1. The van der Waals surface area contributed by atoms with Gasteiger partial charge < -0.3 is 4.74 Å². The molecule has 0 saturated carbocycles. The molecule has 1 heterocycles. The van der Waals surface area contributed by atoms with Crippen LogP contribution in [0.2, 0.25) is 0 Å². The Kier molecular flexibility index (Phi) is 5.26. The molecular weight excluding hydrogens is 382 g/mol. The fourth-order valence-corrected chi connectivity index (χ4v) is 5.66. The molecule has 5 nitrogen and oxygen atoms in total. The van der Waals surface area contributed by atoms with Gasteiger partial charge >= 0.3 is 5.97 Å². The van der Waals surface area contributed by atoms with E-state index < -0.39 is 16.0 Å². The lowest BCUT2D eigenvalue weighted by Crippen LogP contribution is -2.13. The molecule has 0 aliphatic carbocycles. The van der Waals surface area contributed by atoms with Gasteiger partial charge in [-0.1, -0.05) is 26.0 Å². The molecule has 2 aromatic carbocycles. The normalized spacial score (nSPS) is 11.7. The summed E-state index contributed by atoms with van der Waals surface area (Å²) in [5.41, 5.74) is 2.50. The zero-order chi connectivity index (χ0) is 19.8. The van der Waals surface area contributed by atoms with Crippen molar-refractivity contribution in [3.05, 3.63) is 59.2 Å². The van der Waals surface area contributed by atoms with Crippen molar-refractivity contribution in [2.24, 2.45) is 0 Å². The Bertz CT molecular complexity index is 1110. The molecule has 142 valence electrons. The number of nitrogens with one attached hydrogen (secondary N) is 1. The molecule has 0 bridgehead atoms. The van der Waals surface area contributed by atoms with E-state index >= 15 is 0 Å². The van der Waals surface area contributed by atoms with Gasteiger partial charge in [0.15, 0.2) is 0 Å². The zero-order valence-electron chi connectivity index (χ0n) is 15.6. The maximum Gasteiger partial charge on any atom is 0.337 e. The fraction of sp³-hybridized carbons (Fsp3) is 0.250. The number of methoxy groups -OCH3 is 1. The third-order valence-electron chi connectivity index (χ3n) is 4.36. The average molecular weight is 404 g/mol. The highest BCUT2D eigenvalue weighted by Crippen LogP contribution is 2.36. The van der Waals surface area contributed by atoms with Crippen LogP contribution in [0.4, 0.5) is 5.69 Å². The van der Waals surface area contributed by atoms with E-state index in [4.69, 9.17) is 0 Å². The number of rotatable bonds is 5. The molecule has 27 heavy (non-hydrogen) atoms. The molecule has 0 amide bonds. The number of esters is 1. The van der Waals surface area contributed by atoms with E-state index in [1.54, 1.807) is 18.2 Å². The Morgan fingerprint density at radius 3 is 2.56 bits per heavy atom. The van der Waals surface area contributed by atoms with Gasteiger partial charge in [0.05, 0.1) is 12.7 Å². The maximum atomic E-state index is 12.9. The van der Waals surface area contributed by atoms with Crippen LogP contribution in [0, 0.1) is 6.92 Å². The van der Waals surface area contributed by atoms with E-state index in [-0.39, 0.29) is 9.77 Å². The summed E-state index contributed by atoms with van der Waals surface area (Å²) in [6.45, 7) is 6.04. The van der Waals surface area contributed by atoms with Crippen molar-refractivity contribution in [1.82, 2.24) is 0 Å². The van der Waals surface area contributed by atoms with Crippen LogP contribution < -0.4 is 4.72 Å². The smallest absolute Gasteiger partial charge is 0.337 e. The van der Waals surface area contributed by atoms with E-state index in [2.05, 4.69) is 29.4 Å². The molecule has 0 saturated heterocycles. The number of thiophene rings is 1. The highest BCUT2D eigenvalue weighted by molar-refractivity contribution is 7.94. The van der Waals surface area contributed by atoms with Gasteiger partial charge in [0.2, 0.25) is 0 Å². The molecule has 1 N–H and O–H groups in total. The summed E-state index contributed by atoms with van der Waals surface area (Å²) in [5, 5.41) is 0.954. The second-order valence-corrected chi connectivity index (χ2v) is 9.53. The number of hydrogen-bond donors (Lipinski definition) is 1. The number of hydrogen-bond acceptors (Lipinski definition) is 5. The molecule has 0 unspecified atom stereocenters. The van der Waals surface area contributed by atoms with Crippen molar-refractivity contribution in [1.29, 1.82) is 0 Å². The second-order valence-electron chi connectivity index (χ2n) is 6.60. The maximum absolute atomic E-state index is 12.9. The Morgan fingerprint density at radius 2 is 1.89 bits per heavy atom. The zero-order valence-corrected chi connectivity index (χ0v) is 17.2. The minimum atomic E-state index is -3.77. The highest BCUT2D eigenvalue weighted by Gasteiger charge is 2.22. The minimum Gasteiger partial charge on any atom is -0.465 e. The van der Waals surface area contributed by atoms with Gasteiger partial charge in [-0.05, 0) is 59.7 Å². The van der Waals surface area contributed by atoms with Crippen LogP contribution >= 0.6 is 11.3 Å². The molecule has 1 aromatic heterocycles. The number of anilines is 1. The third-order valence-corrected chi connectivity index (χ3v) is 7.64. The van der Waals surface area contributed by atoms with Gasteiger partial charge in [-0.2, -0.15) is 0 Å². The number of fused-ring (bicyclic) bond motifs is 1. The van der Waals surface area contributed by atoms with Gasteiger partial charge in [-0.25, -0.2) is 13.2 Å². The van der Waals surface area contributed by atoms with E-state index in [1.807, 2.05) is 19.1 Å². The summed E-state index contributed by atoms with van der Waals surface area (Å²) in [4.78, 5) is 11.7. The molecule has 0 radical (unpaired) electrons. The van der Waals surface area contributed by atoms with E-state index in [9.17, 15) is 13.2 Å². The highest BCUT2D eigenvalue weighted by atomic mass is 32.2. The molecule has 3 aromatic rings. The molecule has 0 atom stereocenters. The lowest BCUT2D eigenvalue weighted by Gasteiger charge is -2.08. The molecular formula is C20H21NO4S2. The Morgan fingerprint density at radius 1 is 1.15 bits per heavy atom. The standard InChI is InChI=1S/C20H21NO4S2/c1-12(2)14-8-9-18-17(11-14)13(3)20(26-18)27(23,24)21-16-7-5-6-15(10-16)19(22)25-4/h5-12,21H,1-4H3. The van der Waals surface area contributed by atoms with E-state index in [1.165, 1.54) is 30.1 Å². The molecule has 0 spiro atoms. The number of carbonyl (C=O) groups is 1. The third kappa shape index (κ3) is 3.84. The summed E-state index contributed by atoms with van der Waals surface area (Å²) in [6.07, 6.45) is 0. The summed E-state index contributed by atoms with van der Waals surface area (Å²) < 4.78 is 34.3.